The molecule has 4 aliphatic carbocycles. The van der Waals surface area contributed by atoms with E-state index in [0.29, 0.717) is 53.7 Å². The first-order valence-electron chi connectivity index (χ1n) is 12.4. The summed E-state index contributed by atoms with van der Waals surface area (Å²) in [6.07, 6.45) is 10.2. The Morgan fingerprint density at radius 3 is 2.50 bits per heavy atom. The highest BCUT2D eigenvalue weighted by Crippen LogP contribution is 2.57. The van der Waals surface area contributed by atoms with E-state index in [4.69, 9.17) is 25.2 Å². The first kappa shape index (κ1) is 20.8. The van der Waals surface area contributed by atoms with Crippen molar-refractivity contribution in [2.75, 3.05) is 24.7 Å². The van der Waals surface area contributed by atoms with Crippen LogP contribution in [-0.2, 0) is 9.47 Å². The van der Waals surface area contributed by atoms with E-state index in [2.05, 4.69) is 4.90 Å². The van der Waals surface area contributed by atoms with Crippen LogP contribution in [0.25, 0.3) is 0 Å². The lowest BCUT2D eigenvalue weighted by molar-refractivity contribution is -0.135. The number of rotatable bonds is 5. The van der Waals surface area contributed by atoms with Gasteiger partial charge in [-0.15, -0.1) is 0 Å². The number of anilines is 1. The summed E-state index contributed by atoms with van der Waals surface area (Å²) in [6.45, 7) is 2.17. The fourth-order valence-corrected chi connectivity index (χ4v) is 7.65. The lowest BCUT2D eigenvalue weighted by atomic mass is 9.52. The molecule has 2 aliphatic heterocycles. The zero-order valence-electron chi connectivity index (χ0n) is 18.6. The van der Waals surface area contributed by atoms with Crippen LogP contribution in [0, 0.1) is 17.8 Å². The average molecular weight is 443 g/mol. The number of primary amides is 1. The summed E-state index contributed by atoms with van der Waals surface area (Å²) in [5.74, 6) is 1.75. The molecule has 8 nitrogen and oxygen atoms in total. The lowest BCUT2D eigenvalue weighted by Gasteiger charge is -2.61. The molecule has 6 fully saturated rings. The zero-order chi connectivity index (χ0) is 21.9. The highest BCUT2D eigenvalue weighted by atomic mass is 16.5. The Hall–Kier alpha value is -1.77. The SMILES string of the molecule is NC(=O)c1cnc(N(C2CCOCC2)C2C3CC4CC2CC(O)(C4)C3)nc1[C@H]1CCCO1. The van der Waals surface area contributed by atoms with Gasteiger partial charge in [-0.3, -0.25) is 4.79 Å². The second kappa shape index (κ2) is 7.92. The molecule has 7 rings (SSSR count). The fourth-order valence-electron chi connectivity index (χ4n) is 7.65. The van der Waals surface area contributed by atoms with Crippen LogP contribution in [0.5, 0.6) is 0 Å². The molecule has 3 atom stereocenters. The van der Waals surface area contributed by atoms with E-state index in [9.17, 15) is 9.90 Å². The highest BCUT2D eigenvalue weighted by Gasteiger charge is 2.57. The first-order chi connectivity index (χ1) is 15.5. The van der Waals surface area contributed by atoms with E-state index in [0.717, 1.165) is 58.2 Å². The van der Waals surface area contributed by atoms with E-state index in [1.54, 1.807) is 6.20 Å². The second-order valence-electron chi connectivity index (χ2n) is 10.8. The van der Waals surface area contributed by atoms with E-state index in [1.165, 1.54) is 12.8 Å². The molecule has 0 radical (unpaired) electrons. The molecule has 0 aromatic carbocycles. The lowest BCUT2D eigenvalue weighted by Crippen LogP contribution is -2.64. The van der Waals surface area contributed by atoms with Gasteiger partial charge in [0.15, 0.2) is 0 Å². The van der Waals surface area contributed by atoms with Gasteiger partial charge in [-0.25, -0.2) is 9.97 Å². The van der Waals surface area contributed by atoms with Gasteiger partial charge in [0.2, 0.25) is 5.95 Å². The number of aromatic nitrogens is 2. The van der Waals surface area contributed by atoms with Crippen LogP contribution >= 0.6 is 0 Å². The summed E-state index contributed by atoms with van der Waals surface area (Å²) in [5, 5.41) is 11.1. The van der Waals surface area contributed by atoms with Gasteiger partial charge >= 0.3 is 0 Å². The second-order valence-corrected chi connectivity index (χ2v) is 10.8. The number of hydrogen-bond donors (Lipinski definition) is 2. The van der Waals surface area contributed by atoms with Crippen LogP contribution in [0.2, 0.25) is 0 Å². The number of aliphatic hydroxyl groups is 1. The number of amides is 1. The van der Waals surface area contributed by atoms with E-state index in [-0.39, 0.29) is 6.10 Å². The number of ether oxygens (including phenoxy) is 2. The van der Waals surface area contributed by atoms with Crippen LogP contribution in [0.1, 0.15) is 79.9 Å². The molecule has 2 saturated heterocycles. The van der Waals surface area contributed by atoms with Gasteiger partial charge in [0.25, 0.3) is 5.91 Å². The van der Waals surface area contributed by atoms with Crippen molar-refractivity contribution in [2.24, 2.45) is 23.5 Å². The van der Waals surface area contributed by atoms with Crippen molar-refractivity contribution in [3.05, 3.63) is 17.5 Å². The van der Waals surface area contributed by atoms with E-state index in [1.807, 2.05) is 0 Å². The average Bonchev–Trinajstić information content (AvgIpc) is 3.30. The normalized spacial score (nSPS) is 38.8. The van der Waals surface area contributed by atoms with Crippen molar-refractivity contribution in [3.63, 3.8) is 0 Å². The van der Waals surface area contributed by atoms with Crippen molar-refractivity contribution in [1.29, 1.82) is 0 Å². The molecular formula is C24H34N4O4. The standard InChI is InChI=1S/C24H34N4O4/c25-22(29)18-13-26-23(27-20(18)19-2-1-5-32-19)28(17-3-6-31-7-4-17)21-15-8-14-9-16(21)12-24(30,10-14)11-15/h13-17,19,21,30H,1-12H2,(H2,25,29)/t14?,15?,16?,19-,21?,24?/m1/s1. The first-order valence-corrected chi connectivity index (χ1v) is 12.4. The number of carbonyl (C=O) groups excluding carboxylic acids is 1. The van der Waals surface area contributed by atoms with Crippen molar-refractivity contribution in [1.82, 2.24) is 9.97 Å². The Balaban J connectivity index is 1.40. The van der Waals surface area contributed by atoms with Crippen molar-refractivity contribution in [3.8, 4) is 0 Å². The van der Waals surface area contributed by atoms with Crippen molar-refractivity contribution in [2.45, 2.75) is 81.6 Å². The summed E-state index contributed by atoms with van der Waals surface area (Å²) in [4.78, 5) is 24.3. The summed E-state index contributed by atoms with van der Waals surface area (Å²) in [7, 11) is 0. The quantitative estimate of drug-likeness (QED) is 0.720. The molecule has 32 heavy (non-hydrogen) atoms. The third kappa shape index (κ3) is 3.51. The third-order valence-corrected chi connectivity index (χ3v) is 8.63. The molecule has 174 valence electrons. The number of carbonyl (C=O) groups is 1. The molecular weight excluding hydrogens is 408 g/mol. The molecule has 3 heterocycles. The zero-order valence-corrected chi connectivity index (χ0v) is 18.6. The Morgan fingerprint density at radius 1 is 1.12 bits per heavy atom. The van der Waals surface area contributed by atoms with Gasteiger partial charge < -0.3 is 25.2 Å². The Labute approximate surface area is 188 Å². The minimum absolute atomic E-state index is 0.199. The smallest absolute Gasteiger partial charge is 0.252 e. The predicted octanol–water partition coefficient (Wildman–Crippen LogP) is 2.35. The molecule has 3 N–H and O–H groups in total. The van der Waals surface area contributed by atoms with Crippen LogP contribution in [0.15, 0.2) is 6.20 Å². The Kier molecular flexibility index (Phi) is 5.15. The minimum atomic E-state index is -0.503. The molecule has 1 aromatic rings. The summed E-state index contributed by atoms with van der Waals surface area (Å²) in [6, 6.07) is 0.629. The number of nitrogens with two attached hydrogens (primary N) is 1. The summed E-state index contributed by atoms with van der Waals surface area (Å²) >= 11 is 0. The molecule has 1 aromatic heterocycles. The molecule has 4 bridgehead atoms. The molecule has 0 spiro atoms. The topological polar surface area (TPSA) is 111 Å². The maximum absolute atomic E-state index is 12.1. The Morgan fingerprint density at radius 2 is 1.88 bits per heavy atom. The predicted molar refractivity (Wildman–Crippen MR) is 117 cm³/mol. The van der Waals surface area contributed by atoms with Crippen LogP contribution in [-0.4, -0.2) is 58.5 Å². The molecule has 6 aliphatic rings. The molecule has 4 saturated carbocycles. The van der Waals surface area contributed by atoms with Crippen molar-refractivity contribution >= 4 is 11.9 Å². The van der Waals surface area contributed by atoms with Crippen molar-refractivity contribution < 1.29 is 19.4 Å². The van der Waals surface area contributed by atoms with Crippen LogP contribution in [0.4, 0.5) is 5.95 Å². The maximum atomic E-state index is 12.1. The van der Waals surface area contributed by atoms with Gasteiger partial charge in [-0.05, 0) is 75.5 Å². The largest absolute Gasteiger partial charge is 0.390 e. The Bertz CT molecular complexity index is 867. The van der Waals surface area contributed by atoms with Crippen LogP contribution < -0.4 is 10.6 Å². The van der Waals surface area contributed by atoms with Gasteiger partial charge in [0.05, 0.1) is 16.9 Å². The van der Waals surface area contributed by atoms with Gasteiger partial charge in [-0.2, -0.15) is 0 Å². The van der Waals surface area contributed by atoms with E-state index >= 15 is 0 Å². The molecule has 2 unspecified atom stereocenters. The molecule has 1 amide bonds. The third-order valence-electron chi connectivity index (χ3n) is 8.63. The van der Waals surface area contributed by atoms with Crippen LogP contribution in [0.3, 0.4) is 0 Å². The van der Waals surface area contributed by atoms with Gasteiger partial charge in [0.1, 0.15) is 6.10 Å². The number of nitrogens with zero attached hydrogens (tertiary/aromatic N) is 3. The maximum Gasteiger partial charge on any atom is 0.252 e. The number of hydrogen-bond acceptors (Lipinski definition) is 7. The van der Waals surface area contributed by atoms with Gasteiger partial charge in [0, 0.05) is 38.1 Å². The minimum Gasteiger partial charge on any atom is -0.390 e. The monoisotopic (exact) mass is 442 g/mol. The summed E-state index contributed by atoms with van der Waals surface area (Å²) < 4.78 is 11.6. The molecule has 8 heteroatoms. The summed E-state index contributed by atoms with van der Waals surface area (Å²) in [5.41, 5.74) is 6.20. The van der Waals surface area contributed by atoms with Gasteiger partial charge in [-0.1, -0.05) is 0 Å². The fraction of sp³-hybridized carbons (Fsp3) is 0.792. The van der Waals surface area contributed by atoms with E-state index < -0.39 is 11.5 Å². The highest BCUT2D eigenvalue weighted by molar-refractivity contribution is 5.93.